The molecule has 122 valence electrons. The van der Waals surface area contributed by atoms with E-state index < -0.39 is 11.8 Å². The van der Waals surface area contributed by atoms with Gasteiger partial charge in [-0.3, -0.25) is 4.79 Å². The fraction of sp³-hybridized carbons (Fsp3) is 0.0476. The number of ether oxygens (including phenoxy) is 1. The minimum atomic E-state index is -0.869. The van der Waals surface area contributed by atoms with Crippen molar-refractivity contribution in [3.8, 4) is 11.3 Å². The zero-order valence-corrected chi connectivity index (χ0v) is 13.6. The number of carbonyl (C=O) groups excluding carboxylic acids is 2. The summed E-state index contributed by atoms with van der Waals surface area (Å²) < 4.78 is 4.64. The molecule has 0 bridgehead atoms. The van der Waals surface area contributed by atoms with Crippen molar-refractivity contribution in [1.82, 2.24) is 4.98 Å². The van der Waals surface area contributed by atoms with E-state index in [9.17, 15) is 9.59 Å². The Hall–Kier alpha value is -3.40. The van der Waals surface area contributed by atoms with Crippen LogP contribution in [0, 0.1) is 0 Å². The molecule has 0 amide bonds. The molecule has 3 aromatic carbocycles. The third kappa shape index (κ3) is 2.48. The summed E-state index contributed by atoms with van der Waals surface area (Å²) in [7, 11) is 1.21. The minimum Gasteiger partial charge on any atom is -0.463 e. The van der Waals surface area contributed by atoms with Crippen LogP contribution in [-0.4, -0.2) is 23.8 Å². The lowest BCUT2D eigenvalue weighted by atomic mass is 9.99. The van der Waals surface area contributed by atoms with E-state index in [1.54, 1.807) is 0 Å². The molecule has 0 radical (unpaired) electrons. The molecule has 4 aromatic rings. The molecule has 0 aliphatic heterocycles. The van der Waals surface area contributed by atoms with E-state index in [1.807, 2.05) is 66.7 Å². The topological polar surface area (TPSA) is 59.2 Å². The van der Waals surface area contributed by atoms with Gasteiger partial charge in [-0.25, -0.2) is 4.79 Å². The summed E-state index contributed by atoms with van der Waals surface area (Å²) in [5.41, 5.74) is 2.63. The molecule has 0 aliphatic rings. The van der Waals surface area contributed by atoms with Crippen molar-refractivity contribution in [2.24, 2.45) is 0 Å². The second kappa shape index (κ2) is 5.91. The highest BCUT2D eigenvalue weighted by Gasteiger charge is 2.25. The Balaban J connectivity index is 1.99. The third-order valence-corrected chi connectivity index (χ3v) is 4.34. The molecule has 4 heteroatoms. The van der Waals surface area contributed by atoms with Gasteiger partial charge in [-0.1, -0.05) is 54.6 Å². The summed E-state index contributed by atoms with van der Waals surface area (Å²) >= 11 is 0. The minimum absolute atomic E-state index is 0.345. The SMILES string of the molecule is COC(=O)C(=O)c1c(-c2ccc3ccccc3c2)[nH]c2ccccc12. The zero-order valence-electron chi connectivity index (χ0n) is 13.6. The lowest BCUT2D eigenvalue weighted by molar-refractivity contribution is -0.135. The maximum absolute atomic E-state index is 12.6. The number of Topliss-reactive ketones (excluding diaryl/α,β-unsaturated/α-hetero) is 1. The van der Waals surface area contributed by atoms with E-state index >= 15 is 0 Å². The second-order valence-corrected chi connectivity index (χ2v) is 5.80. The van der Waals surface area contributed by atoms with Crippen molar-refractivity contribution < 1.29 is 14.3 Å². The highest BCUT2D eigenvalue weighted by atomic mass is 16.5. The van der Waals surface area contributed by atoms with Crippen LogP contribution in [0.4, 0.5) is 0 Å². The van der Waals surface area contributed by atoms with Crippen LogP contribution in [0.1, 0.15) is 10.4 Å². The van der Waals surface area contributed by atoms with Crippen LogP contribution < -0.4 is 0 Å². The van der Waals surface area contributed by atoms with E-state index in [-0.39, 0.29) is 0 Å². The molecular weight excluding hydrogens is 314 g/mol. The molecule has 0 saturated heterocycles. The smallest absolute Gasteiger partial charge is 0.379 e. The molecular formula is C21H15NO3. The van der Waals surface area contributed by atoms with Crippen molar-refractivity contribution in [2.45, 2.75) is 0 Å². The highest BCUT2D eigenvalue weighted by molar-refractivity contribution is 6.44. The number of carbonyl (C=O) groups is 2. The van der Waals surface area contributed by atoms with Crippen molar-refractivity contribution >= 4 is 33.4 Å². The van der Waals surface area contributed by atoms with E-state index in [0.29, 0.717) is 16.6 Å². The van der Waals surface area contributed by atoms with Gasteiger partial charge in [0.1, 0.15) is 0 Å². The fourth-order valence-electron chi connectivity index (χ4n) is 3.13. The van der Waals surface area contributed by atoms with Crippen LogP contribution in [0.2, 0.25) is 0 Å². The molecule has 0 atom stereocenters. The normalized spacial score (nSPS) is 10.9. The number of fused-ring (bicyclic) bond motifs is 2. The first-order chi connectivity index (χ1) is 12.2. The standard InChI is InChI=1S/C21H15NO3/c1-25-21(24)20(23)18-16-8-4-5-9-17(16)22-19(18)15-11-10-13-6-2-3-7-14(13)12-15/h2-12,22H,1H3. The van der Waals surface area contributed by atoms with Crippen LogP contribution in [0.3, 0.4) is 0 Å². The van der Waals surface area contributed by atoms with Crippen LogP contribution in [0.25, 0.3) is 32.9 Å². The number of methoxy groups -OCH3 is 1. The summed E-state index contributed by atoms with van der Waals surface area (Å²) in [5, 5.41) is 2.89. The summed E-state index contributed by atoms with van der Waals surface area (Å²) in [6.07, 6.45) is 0. The molecule has 4 nitrogen and oxygen atoms in total. The first-order valence-corrected chi connectivity index (χ1v) is 7.91. The predicted molar refractivity (Wildman–Crippen MR) is 97.6 cm³/mol. The summed E-state index contributed by atoms with van der Waals surface area (Å²) in [5.74, 6) is -1.52. The number of benzene rings is 3. The van der Waals surface area contributed by atoms with E-state index in [2.05, 4.69) is 9.72 Å². The maximum atomic E-state index is 12.6. The number of aromatic nitrogens is 1. The number of rotatable bonds is 3. The van der Waals surface area contributed by atoms with Crippen LogP contribution in [0.15, 0.2) is 66.7 Å². The fourth-order valence-corrected chi connectivity index (χ4v) is 3.13. The highest BCUT2D eigenvalue weighted by Crippen LogP contribution is 2.32. The third-order valence-electron chi connectivity index (χ3n) is 4.34. The van der Waals surface area contributed by atoms with Gasteiger partial charge in [0.2, 0.25) is 0 Å². The molecule has 4 rings (SSSR count). The number of nitrogens with one attached hydrogen (secondary N) is 1. The van der Waals surface area contributed by atoms with Crippen molar-refractivity contribution in [3.63, 3.8) is 0 Å². The van der Waals surface area contributed by atoms with Crippen LogP contribution in [0.5, 0.6) is 0 Å². The second-order valence-electron chi connectivity index (χ2n) is 5.80. The number of hydrogen-bond acceptors (Lipinski definition) is 3. The Kier molecular flexibility index (Phi) is 3.58. The van der Waals surface area contributed by atoms with Gasteiger partial charge in [0.15, 0.2) is 0 Å². The number of para-hydroxylation sites is 1. The van der Waals surface area contributed by atoms with Gasteiger partial charge in [0.05, 0.1) is 18.4 Å². The average Bonchev–Trinajstić information content (AvgIpc) is 3.05. The summed E-state index contributed by atoms with van der Waals surface area (Å²) in [6.45, 7) is 0. The summed E-state index contributed by atoms with van der Waals surface area (Å²) in [4.78, 5) is 27.8. The zero-order chi connectivity index (χ0) is 17.4. The Labute approximate surface area is 144 Å². The van der Waals surface area contributed by atoms with Gasteiger partial charge in [-0.2, -0.15) is 0 Å². The Bertz CT molecular complexity index is 1120. The van der Waals surface area contributed by atoms with Gasteiger partial charge in [0.25, 0.3) is 5.78 Å². The maximum Gasteiger partial charge on any atom is 0.379 e. The number of H-pyrrole nitrogens is 1. The average molecular weight is 329 g/mol. The van der Waals surface area contributed by atoms with Gasteiger partial charge in [-0.15, -0.1) is 0 Å². The number of aromatic amines is 1. The quantitative estimate of drug-likeness (QED) is 0.345. The van der Waals surface area contributed by atoms with Crippen molar-refractivity contribution in [3.05, 3.63) is 72.3 Å². The monoisotopic (exact) mass is 329 g/mol. The first-order valence-electron chi connectivity index (χ1n) is 7.91. The largest absolute Gasteiger partial charge is 0.463 e. The molecule has 0 spiro atoms. The first kappa shape index (κ1) is 15.1. The van der Waals surface area contributed by atoms with Crippen molar-refractivity contribution in [2.75, 3.05) is 7.11 Å². The van der Waals surface area contributed by atoms with Crippen LogP contribution >= 0.6 is 0 Å². The van der Waals surface area contributed by atoms with Gasteiger partial charge < -0.3 is 9.72 Å². The molecule has 1 N–H and O–H groups in total. The molecule has 25 heavy (non-hydrogen) atoms. The van der Waals surface area contributed by atoms with Crippen molar-refractivity contribution in [1.29, 1.82) is 0 Å². The molecule has 0 saturated carbocycles. The van der Waals surface area contributed by atoms with E-state index in [1.165, 1.54) is 7.11 Å². The Morgan fingerprint density at radius 1 is 0.880 bits per heavy atom. The molecule has 0 fully saturated rings. The lowest BCUT2D eigenvalue weighted by Gasteiger charge is -2.05. The summed E-state index contributed by atoms with van der Waals surface area (Å²) in [6, 6.07) is 21.4. The number of esters is 1. The van der Waals surface area contributed by atoms with Crippen LogP contribution in [-0.2, 0) is 9.53 Å². The van der Waals surface area contributed by atoms with Gasteiger partial charge >= 0.3 is 5.97 Å². The molecule has 0 aliphatic carbocycles. The van der Waals surface area contributed by atoms with Gasteiger partial charge in [-0.05, 0) is 28.5 Å². The Morgan fingerprint density at radius 2 is 1.60 bits per heavy atom. The van der Waals surface area contributed by atoms with E-state index in [4.69, 9.17) is 0 Å². The molecule has 1 aromatic heterocycles. The molecule has 0 unspecified atom stereocenters. The van der Waals surface area contributed by atoms with E-state index in [0.717, 1.165) is 21.9 Å². The predicted octanol–water partition coefficient (Wildman–Crippen LogP) is 4.34. The Morgan fingerprint density at radius 3 is 2.40 bits per heavy atom. The van der Waals surface area contributed by atoms with Gasteiger partial charge in [0, 0.05) is 10.9 Å². The molecule has 1 heterocycles. The number of ketones is 1. The number of hydrogen-bond donors (Lipinski definition) is 1. The lowest BCUT2D eigenvalue weighted by Crippen LogP contribution is -2.16.